The molecule has 0 saturated heterocycles. The number of likely N-dealkylation sites (N-methyl/N-ethyl adjacent to an activating group) is 1. The summed E-state index contributed by atoms with van der Waals surface area (Å²) in [5.74, 6) is 0.0392. The van der Waals surface area contributed by atoms with Gasteiger partial charge in [0, 0.05) is 25.8 Å². The predicted molar refractivity (Wildman–Crippen MR) is 80.5 cm³/mol. The molecule has 0 atom stereocenters. The number of hydrogen-bond acceptors (Lipinski definition) is 3. The van der Waals surface area contributed by atoms with Crippen molar-refractivity contribution >= 4 is 11.6 Å². The fourth-order valence-electron chi connectivity index (χ4n) is 1.66. The molecule has 0 aliphatic rings. The van der Waals surface area contributed by atoms with Gasteiger partial charge in [-0.3, -0.25) is 4.79 Å². The van der Waals surface area contributed by atoms with Crippen LogP contribution in [0.5, 0.6) is 0 Å². The Kier molecular flexibility index (Phi) is 5.83. The van der Waals surface area contributed by atoms with Crippen LogP contribution in [0.25, 0.3) is 0 Å². The molecule has 4 nitrogen and oxygen atoms in total. The summed E-state index contributed by atoms with van der Waals surface area (Å²) in [6.45, 7) is 5.36. The number of amides is 1. The van der Waals surface area contributed by atoms with Gasteiger partial charge in [-0.1, -0.05) is 18.2 Å². The first kappa shape index (κ1) is 15.5. The van der Waals surface area contributed by atoms with Crippen molar-refractivity contribution in [3.63, 3.8) is 0 Å². The molecule has 1 aromatic carbocycles. The lowest BCUT2D eigenvalue weighted by Gasteiger charge is -2.23. The summed E-state index contributed by atoms with van der Waals surface area (Å²) >= 11 is 0. The van der Waals surface area contributed by atoms with Gasteiger partial charge in [-0.25, -0.2) is 0 Å². The summed E-state index contributed by atoms with van der Waals surface area (Å²) in [4.78, 5) is 14.0. The minimum Gasteiger partial charge on any atom is -0.375 e. The third-order valence-corrected chi connectivity index (χ3v) is 3.35. The fourth-order valence-corrected chi connectivity index (χ4v) is 1.66. The minimum atomic E-state index is -0.509. The zero-order chi connectivity index (χ0) is 14.3. The Morgan fingerprint density at radius 1 is 1.26 bits per heavy atom. The molecule has 0 aliphatic heterocycles. The average molecular weight is 263 g/mol. The number of nitrogens with zero attached hydrogens (tertiary/aromatic N) is 1. The lowest BCUT2D eigenvalue weighted by Crippen LogP contribution is -2.51. The van der Waals surface area contributed by atoms with Gasteiger partial charge in [0.1, 0.15) is 0 Å². The highest BCUT2D eigenvalue weighted by molar-refractivity contribution is 5.85. The Morgan fingerprint density at radius 2 is 1.89 bits per heavy atom. The molecule has 1 aromatic rings. The Labute approximate surface area is 116 Å². The third-order valence-electron chi connectivity index (χ3n) is 3.35. The van der Waals surface area contributed by atoms with E-state index in [4.69, 9.17) is 0 Å². The van der Waals surface area contributed by atoms with Gasteiger partial charge in [0.25, 0.3) is 0 Å². The number of nitrogens with one attached hydrogen (secondary N) is 2. The molecule has 106 valence electrons. The zero-order valence-corrected chi connectivity index (χ0v) is 12.4. The SMILES string of the molecule is CNC(C)(C)C(=O)NCCCN(C)c1ccccc1. The van der Waals surface area contributed by atoms with Crippen LogP contribution < -0.4 is 15.5 Å². The molecular formula is C15H25N3O. The van der Waals surface area contributed by atoms with Gasteiger partial charge < -0.3 is 15.5 Å². The lowest BCUT2D eigenvalue weighted by molar-refractivity contribution is -0.126. The van der Waals surface area contributed by atoms with Crippen molar-refractivity contribution in [2.45, 2.75) is 25.8 Å². The molecule has 0 spiro atoms. The molecule has 1 amide bonds. The molecule has 0 aromatic heterocycles. The van der Waals surface area contributed by atoms with Gasteiger partial charge >= 0.3 is 0 Å². The first-order valence-electron chi connectivity index (χ1n) is 6.71. The van der Waals surface area contributed by atoms with E-state index in [9.17, 15) is 4.79 Å². The Hall–Kier alpha value is -1.55. The molecule has 0 aliphatic carbocycles. The summed E-state index contributed by atoms with van der Waals surface area (Å²) in [7, 11) is 3.86. The van der Waals surface area contributed by atoms with E-state index in [1.54, 1.807) is 7.05 Å². The van der Waals surface area contributed by atoms with Gasteiger partial charge in [-0.15, -0.1) is 0 Å². The van der Waals surface area contributed by atoms with E-state index in [0.717, 1.165) is 13.0 Å². The van der Waals surface area contributed by atoms with Gasteiger partial charge in [-0.2, -0.15) is 0 Å². The molecule has 0 fully saturated rings. The maximum Gasteiger partial charge on any atom is 0.239 e. The van der Waals surface area contributed by atoms with Gasteiger partial charge in [0.2, 0.25) is 5.91 Å². The second kappa shape index (κ2) is 7.14. The number of para-hydroxylation sites is 1. The van der Waals surface area contributed by atoms with Crippen molar-refractivity contribution in [2.24, 2.45) is 0 Å². The first-order valence-corrected chi connectivity index (χ1v) is 6.71. The second-order valence-electron chi connectivity index (χ2n) is 5.24. The first-order chi connectivity index (χ1) is 8.97. The predicted octanol–water partition coefficient (Wildman–Crippen LogP) is 1.63. The Bertz CT molecular complexity index is 390. The highest BCUT2D eigenvalue weighted by atomic mass is 16.2. The van der Waals surface area contributed by atoms with Crippen LogP contribution in [-0.2, 0) is 4.79 Å². The normalized spacial score (nSPS) is 11.2. The van der Waals surface area contributed by atoms with E-state index >= 15 is 0 Å². The van der Waals surface area contributed by atoms with E-state index in [-0.39, 0.29) is 5.91 Å². The summed E-state index contributed by atoms with van der Waals surface area (Å²) in [6, 6.07) is 10.2. The molecule has 0 radical (unpaired) electrons. The van der Waals surface area contributed by atoms with Crippen molar-refractivity contribution in [1.29, 1.82) is 0 Å². The van der Waals surface area contributed by atoms with Crippen LogP contribution in [0.15, 0.2) is 30.3 Å². The second-order valence-corrected chi connectivity index (χ2v) is 5.24. The Morgan fingerprint density at radius 3 is 2.47 bits per heavy atom. The van der Waals surface area contributed by atoms with Crippen molar-refractivity contribution in [1.82, 2.24) is 10.6 Å². The molecule has 0 heterocycles. The standard InChI is InChI=1S/C15H25N3O/c1-15(2,16-3)14(19)17-11-8-12-18(4)13-9-6-5-7-10-13/h5-7,9-10,16H,8,11-12H2,1-4H3,(H,17,19). The smallest absolute Gasteiger partial charge is 0.239 e. The fraction of sp³-hybridized carbons (Fsp3) is 0.533. The van der Waals surface area contributed by atoms with Gasteiger partial charge in [-0.05, 0) is 39.4 Å². The van der Waals surface area contributed by atoms with Gasteiger partial charge in [0.05, 0.1) is 5.54 Å². The molecule has 2 N–H and O–H groups in total. The molecular weight excluding hydrogens is 238 g/mol. The molecule has 4 heteroatoms. The minimum absolute atomic E-state index is 0.0392. The summed E-state index contributed by atoms with van der Waals surface area (Å²) in [6.07, 6.45) is 0.928. The van der Waals surface area contributed by atoms with E-state index in [0.29, 0.717) is 6.54 Å². The lowest BCUT2D eigenvalue weighted by atomic mass is 10.1. The van der Waals surface area contributed by atoms with E-state index in [1.165, 1.54) is 5.69 Å². The highest BCUT2D eigenvalue weighted by Crippen LogP contribution is 2.10. The summed E-state index contributed by atoms with van der Waals surface area (Å²) in [5.41, 5.74) is 0.690. The summed E-state index contributed by atoms with van der Waals surface area (Å²) < 4.78 is 0. The van der Waals surface area contributed by atoms with E-state index in [1.807, 2.05) is 32.0 Å². The van der Waals surface area contributed by atoms with Crippen molar-refractivity contribution < 1.29 is 4.79 Å². The van der Waals surface area contributed by atoms with Crippen LogP contribution in [0.1, 0.15) is 20.3 Å². The molecule has 0 unspecified atom stereocenters. The quantitative estimate of drug-likeness (QED) is 0.735. The van der Waals surface area contributed by atoms with Crippen LogP contribution >= 0.6 is 0 Å². The maximum absolute atomic E-state index is 11.8. The number of anilines is 1. The molecule has 0 bridgehead atoms. The Balaban J connectivity index is 2.27. The molecule has 0 saturated carbocycles. The van der Waals surface area contributed by atoms with Crippen molar-refractivity contribution in [2.75, 3.05) is 32.1 Å². The van der Waals surface area contributed by atoms with Crippen LogP contribution in [0.2, 0.25) is 0 Å². The topological polar surface area (TPSA) is 44.4 Å². The third kappa shape index (κ3) is 4.91. The number of carbonyl (C=O) groups is 1. The number of hydrogen-bond donors (Lipinski definition) is 2. The summed E-state index contributed by atoms with van der Waals surface area (Å²) in [5, 5.41) is 5.95. The zero-order valence-electron chi connectivity index (χ0n) is 12.4. The van der Waals surface area contributed by atoms with E-state index in [2.05, 4.69) is 34.7 Å². The number of rotatable bonds is 7. The molecule has 1 rings (SSSR count). The molecule has 19 heavy (non-hydrogen) atoms. The van der Waals surface area contributed by atoms with Crippen LogP contribution in [-0.4, -0.2) is 38.6 Å². The monoisotopic (exact) mass is 263 g/mol. The van der Waals surface area contributed by atoms with Crippen molar-refractivity contribution in [3.8, 4) is 0 Å². The average Bonchev–Trinajstić information content (AvgIpc) is 2.43. The van der Waals surface area contributed by atoms with Gasteiger partial charge in [0.15, 0.2) is 0 Å². The largest absolute Gasteiger partial charge is 0.375 e. The number of carbonyl (C=O) groups excluding carboxylic acids is 1. The number of benzene rings is 1. The van der Waals surface area contributed by atoms with Crippen molar-refractivity contribution in [3.05, 3.63) is 30.3 Å². The van der Waals surface area contributed by atoms with Crippen LogP contribution in [0.3, 0.4) is 0 Å². The highest BCUT2D eigenvalue weighted by Gasteiger charge is 2.24. The van der Waals surface area contributed by atoms with E-state index < -0.39 is 5.54 Å². The van der Waals surface area contributed by atoms with Crippen LogP contribution in [0.4, 0.5) is 5.69 Å². The maximum atomic E-state index is 11.8. The van der Waals surface area contributed by atoms with Crippen LogP contribution in [0, 0.1) is 0 Å².